The van der Waals surface area contributed by atoms with Crippen molar-refractivity contribution in [2.24, 2.45) is 0 Å². The first-order valence-electron chi connectivity index (χ1n) is 5.79. The quantitative estimate of drug-likeness (QED) is 0.665. The average Bonchev–Trinajstić information content (AvgIpc) is 2.27. The van der Waals surface area contributed by atoms with Crippen molar-refractivity contribution in [3.8, 4) is 0 Å². The minimum atomic E-state index is -3.00. The summed E-state index contributed by atoms with van der Waals surface area (Å²) >= 11 is 0. The number of piperazine rings is 1. The maximum Gasteiger partial charge on any atom is 0.214 e. The van der Waals surface area contributed by atoms with Gasteiger partial charge in [0.05, 0.1) is 12.4 Å². The van der Waals surface area contributed by atoms with Crippen LogP contribution in [0.15, 0.2) is 0 Å². The van der Waals surface area contributed by atoms with Crippen molar-refractivity contribution in [3.63, 3.8) is 0 Å². The molecule has 6 heteroatoms. The molecular formula is C10H22N2O3S. The third-order valence-electron chi connectivity index (χ3n) is 2.80. The first-order valence-corrected chi connectivity index (χ1v) is 7.40. The molecule has 0 unspecified atom stereocenters. The minimum absolute atomic E-state index is 0.269. The largest absolute Gasteiger partial charge is 0.383 e. The third-order valence-corrected chi connectivity index (χ3v) is 4.87. The molecule has 96 valence electrons. The predicted octanol–water partition coefficient (Wildman–Crippen LogP) is -0.00980. The van der Waals surface area contributed by atoms with Crippen LogP contribution in [0.3, 0.4) is 0 Å². The summed E-state index contributed by atoms with van der Waals surface area (Å²) in [6.45, 7) is 6.35. The van der Waals surface area contributed by atoms with Crippen LogP contribution in [0.5, 0.6) is 0 Å². The van der Waals surface area contributed by atoms with Crippen molar-refractivity contribution in [2.75, 3.05) is 52.2 Å². The minimum Gasteiger partial charge on any atom is -0.383 e. The average molecular weight is 250 g/mol. The molecule has 1 aliphatic heterocycles. The standard InChI is InChI=1S/C10H22N2O3S/c1-3-10-16(13,14)12-6-4-11(5-7-12)8-9-15-2/h3-10H2,1-2H3. The Morgan fingerprint density at radius 2 is 1.81 bits per heavy atom. The molecule has 0 aromatic carbocycles. The van der Waals surface area contributed by atoms with Gasteiger partial charge in [-0.1, -0.05) is 6.92 Å². The van der Waals surface area contributed by atoms with E-state index in [-0.39, 0.29) is 5.75 Å². The number of rotatable bonds is 6. The molecule has 1 fully saturated rings. The number of hydrogen-bond donors (Lipinski definition) is 0. The summed E-state index contributed by atoms with van der Waals surface area (Å²) < 4.78 is 30.2. The van der Waals surface area contributed by atoms with Crippen LogP contribution < -0.4 is 0 Å². The maximum absolute atomic E-state index is 11.8. The Hall–Kier alpha value is -0.170. The molecule has 0 aromatic heterocycles. The van der Waals surface area contributed by atoms with Gasteiger partial charge >= 0.3 is 0 Å². The van der Waals surface area contributed by atoms with Gasteiger partial charge in [-0.05, 0) is 6.42 Å². The number of nitrogens with zero attached hydrogens (tertiary/aromatic N) is 2. The Morgan fingerprint density at radius 3 is 2.31 bits per heavy atom. The van der Waals surface area contributed by atoms with E-state index >= 15 is 0 Å². The van der Waals surface area contributed by atoms with Crippen LogP contribution in [0.2, 0.25) is 0 Å². The zero-order chi connectivity index (χ0) is 12.0. The number of hydrogen-bond acceptors (Lipinski definition) is 4. The van der Waals surface area contributed by atoms with Crippen LogP contribution in [-0.2, 0) is 14.8 Å². The van der Waals surface area contributed by atoms with Crippen molar-refractivity contribution < 1.29 is 13.2 Å². The third kappa shape index (κ3) is 4.01. The van der Waals surface area contributed by atoms with E-state index in [9.17, 15) is 8.42 Å². The Balaban J connectivity index is 2.37. The van der Waals surface area contributed by atoms with Gasteiger partial charge < -0.3 is 4.74 Å². The summed E-state index contributed by atoms with van der Waals surface area (Å²) in [5, 5.41) is 0. The molecule has 0 spiro atoms. The lowest BCUT2D eigenvalue weighted by Gasteiger charge is -2.33. The SMILES string of the molecule is CCCS(=O)(=O)N1CCN(CCOC)CC1. The highest BCUT2D eigenvalue weighted by Crippen LogP contribution is 2.08. The second-order valence-corrected chi connectivity index (χ2v) is 6.14. The lowest BCUT2D eigenvalue weighted by Crippen LogP contribution is -2.49. The van der Waals surface area contributed by atoms with Gasteiger partial charge in [0, 0.05) is 39.8 Å². The van der Waals surface area contributed by atoms with Gasteiger partial charge in [-0.15, -0.1) is 0 Å². The Kier molecular flexibility index (Phi) is 5.68. The van der Waals surface area contributed by atoms with Crippen molar-refractivity contribution in [2.45, 2.75) is 13.3 Å². The highest BCUT2D eigenvalue weighted by molar-refractivity contribution is 7.89. The van der Waals surface area contributed by atoms with Crippen LogP contribution in [0.25, 0.3) is 0 Å². The number of methoxy groups -OCH3 is 1. The van der Waals surface area contributed by atoms with Crippen LogP contribution >= 0.6 is 0 Å². The van der Waals surface area contributed by atoms with Crippen molar-refractivity contribution in [1.29, 1.82) is 0 Å². The van der Waals surface area contributed by atoms with E-state index in [4.69, 9.17) is 4.74 Å². The molecule has 0 atom stereocenters. The van der Waals surface area contributed by atoms with Gasteiger partial charge in [0.2, 0.25) is 10.0 Å². The molecular weight excluding hydrogens is 228 g/mol. The van der Waals surface area contributed by atoms with E-state index in [1.807, 2.05) is 6.92 Å². The fourth-order valence-electron chi connectivity index (χ4n) is 1.84. The van der Waals surface area contributed by atoms with E-state index < -0.39 is 10.0 Å². The Labute approximate surface area is 98.4 Å². The molecule has 1 aliphatic rings. The highest BCUT2D eigenvalue weighted by Gasteiger charge is 2.25. The second kappa shape index (κ2) is 6.54. The monoisotopic (exact) mass is 250 g/mol. The summed E-state index contributed by atoms with van der Waals surface area (Å²) in [4.78, 5) is 2.24. The summed E-state index contributed by atoms with van der Waals surface area (Å²) in [5.74, 6) is 0.269. The van der Waals surface area contributed by atoms with E-state index in [0.29, 0.717) is 26.1 Å². The van der Waals surface area contributed by atoms with Crippen molar-refractivity contribution in [3.05, 3.63) is 0 Å². The lowest BCUT2D eigenvalue weighted by atomic mass is 10.4. The first-order chi connectivity index (χ1) is 7.60. The normalized spacial score (nSPS) is 20.1. The first kappa shape index (κ1) is 13.9. The topological polar surface area (TPSA) is 49.9 Å². The van der Waals surface area contributed by atoms with Gasteiger partial charge in [0.25, 0.3) is 0 Å². The van der Waals surface area contributed by atoms with Crippen LogP contribution in [0, 0.1) is 0 Å². The van der Waals surface area contributed by atoms with Crippen LogP contribution in [0.1, 0.15) is 13.3 Å². The maximum atomic E-state index is 11.8. The molecule has 0 bridgehead atoms. The molecule has 1 heterocycles. The predicted molar refractivity (Wildman–Crippen MR) is 64.0 cm³/mol. The summed E-state index contributed by atoms with van der Waals surface area (Å²) in [5.41, 5.74) is 0. The van der Waals surface area contributed by atoms with E-state index in [0.717, 1.165) is 19.6 Å². The zero-order valence-corrected chi connectivity index (χ0v) is 11.0. The summed E-state index contributed by atoms with van der Waals surface area (Å²) in [6, 6.07) is 0. The smallest absolute Gasteiger partial charge is 0.214 e. The fraction of sp³-hybridized carbons (Fsp3) is 1.00. The number of sulfonamides is 1. The molecule has 16 heavy (non-hydrogen) atoms. The summed E-state index contributed by atoms with van der Waals surface area (Å²) in [6.07, 6.45) is 0.687. The molecule has 1 rings (SSSR count). The van der Waals surface area contributed by atoms with Crippen molar-refractivity contribution in [1.82, 2.24) is 9.21 Å². The van der Waals surface area contributed by atoms with E-state index in [1.54, 1.807) is 11.4 Å². The second-order valence-electron chi connectivity index (χ2n) is 4.05. The van der Waals surface area contributed by atoms with Gasteiger partial charge in [-0.2, -0.15) is 4.31 Å². The number of ether oxygens (including phenoxy) is 1. The fourth-order valence-corrected chi connectivity index (χ4v) is 3.33. The van der Waals surface area contributed by atoms with Crippen molar-refractivity contribution >= 4 is 10.0 Å². The Bertz CT molecular complexity index is 284. The van der Waals surface area contributed by atoms with Crippen LogP contribution in [0.4, 0.5) is 0 Å². The van der Waals surface area contributed by atoms with Gasteiger partial charge in [0.1, 0.15) is 0 Å². The van der Waals surface area contributed by atoms with Gasteiger partial charge in [0.15, 0.2) is 0 Å². The highest BCUT2D eigenvalue weighted by atomic mass is 32.2. The molecule has 0 N–H and O–H groups in total. The Morgan fingerprint density at radius 1 is 1.19 bits per heavy atom. The molecule has 1 saturated heterocycles. The molecule has 0 saturated carbocycles. The van der Waals surface area contributed by atoms with Gasteiger partial charge in [-0.3, -0.25) is 4.90 Å². The molecule has 0 radical (unpaired) electrons. The summed E-state index contributed by atoms with van der Waals surface area (Å²) in [7, 11) is -1.32. The molecule has 0 amide bonds. The lowest BCUT2D eigenvalue weighted by molar-refractivity contribution is 0.123. The molecule has 0 aliphatic carbocycles. The van der Waals surface area contributed by atoms with E-state index in [1.165, 1.54) is 0 Å². The van der Waals surface area contributed by atoms with E-state index in [2.05, 4.69) is 4.90 Å². The molecule has 5 nitrogen and oxygen atoms in total. The van der Waals surface area contributed by atoms with Gasteiger partial charge in [-0.25, -0.2) is 8.42 Å². The molecule has 0 aromatic rings. The van der Waals surface area contributed by atoms with Crippen LogP contribution in [-0.4, -0.2) is 69.8 Å². The zero-order valence-electron chi connectivity index (χ0n) is 10.2.